The van der Waals surface area contributed by atoms with E-state index in [1.165, 1.54) is 12.5 Å². The summed E-state index contributed by atoms with van der Waals surface area (Å²) in [5.41, 5.74) is 6.47. The normalized spacial score (nSPS) is 20.5. The zero-order valence-electron chi connectivity index (χ0n) is 10.2. The second-order valence-electron chi connectivity index (χ2n) is 4.71. The molecule has 1 unspecified atom stereocenters. The molecule has 1 heterocycles. The Kier molecular flexibility index (Phi) is 6.57. The van der Waals surface area contributed by atoms with E-state index in [1.807, 2.05) is 6.07 Å². The third-order valence-corrected chi connectivity index (χ3v) is 3.83. The van der Waals surface area contributed by atoms with E-state index in [-0.39, 0.29) is 18.2 Å². The number of nitrogens with two attached hydrogens (primary N) is 1. The van der Waals surface area contributed by atoms with Gasteiger partial charge >= 0.3 is 0 Å². The number of benzene rings is 1. The minimum Gasteiger partial charge on any atom is -0.330 e. The molecule has 0 bridgehead atoms. The Balaban J connectivity index is 0.00000162. The molecule has 1 aliphatic rings. The standard InChI is InChI=1S/C13H18BrFN2.ClH/c14-12-3-4-13(15)11(6-12)9-17-5-1-2-10(7-16)8-17;/h3-4,6,10H,1-2,5,7-9,16H2;1H. The molecule has 0 saturated carbocycles. The number of likely N-dealkylation sites (tertiary alicyclic amines) is 1. The van der Waals surface area contributed by atoms with Gasteiger partial charge in [0.1, 0.15) is 5.82 Å². The molecule has 5 heteroatoms. The Labute approximate surface area is 122 Å². The van der Waals surface area contributed by atoms with Crippen molar-refractivity contribution in [1.29, 1.82) is 0 Å². The number of halogens is 3. The first-order valence-electron chi connectivity index (χ1n) is 6.05. The van der Waals surface area contributed by atoms with Crippen molar-refractivity contribution in [2.75, 3.05) is 19.6 Å². The molecule has 1 aromatic carbocycles. The average Bonchev–Trinajstić information content (AvgIpc) is 2.34. The fourth-order valence-corrected chi connectivity index (χ4v) is 2.80. The lowest BCUT2D eigenvalue weighted by molar-refractivity contribution is 0.169. The fourth-order valence-electron chi connectivity index (χ4n) is 2.39. The maximum atomic E-state index is 13.6. The van der Waals surface area contributed by atoms with E-state index in [0.29, 0.717) is 12.5 Å². The first-order valence-corrected chi connectivity index (χ1v) is 6.84. The van der Waals surface area contributed by atoms with Gasteiger partial charge in [0.05, 0.1) is 0 Å². The monoisotopic (exact) mass is 336 g/mol. The molecule has 0 aromatic heterocycles. The Morgan fingerprint density at radius 1 is 1.44 bits per heavy atom. The van der Waals surface area contributed by atoms with Crippen LogP contribution in [-0.4, -0.2) is 24.5 Å². The highest BCUT2D eigenvalue weighted by molar-refractivity contribution is 9.10. The second kappa shape index (κ2) is 7.43. The fraction of sp³-hybridized carbons (Fsp3) is 0.538. The van der Waals surface area contributed by atoms with Crippen molar-refractivity contribution in [1.82, 2.24) is 4.90 Å². The molecule has 1 saturated heterocycles. The number of hydrogen-bond donors (Lipinski definition) is 1. The van der Waals surface area contributed by atoms with Crippen LogP contribution in [0, 0.1) is 11.7 Å². The predicted molar refractivity (Wildman–Crippen MR) is 78.4 cm³/mol. The zero-order chi connectivity index (χ0) is 12.3. The van der Waals surface area contributed by atoms with Crippen molar-refractivity contribution in [2.24, 2.45) is 11.7 Å². The van der Waals surface area contributed by atoms with E-state index in [9.17, 15) is 4.39 Å². The molecule has 2 N–H and O–H groups in total. The molecule has 18 heavy (non-hydrogen) atoms. The lowest BCUT2D eigenvalue weighted by Crippen LogP contribution is -2.38. The predicted octanol–water partition coefficient (Wildman–Crippen LogP) is 3.18. The molecule has 0 spiro atoms. The van der Waals surface area contributed by atoms with E-state index >= 15 is 0 Å². The maximum Gasteiger partial charge on any atom is 0.127 e. The second-order valence-corrected chi connectivity index (χ2v) is 5.63. The van der Waals surface area contributed by atoms with Gasteiger partial charge in [0.25, 0.3) is 0 Å². The molecule has 2 rings (SSSR count). The van der Waals surface area contributed by atoms with Gasteiger partial charge < -0.3 is 5.73 Å². The summed E-state index contributed by atoms with van der Waals surface area (Å²) in [5.74, 6) is 0.446. The van der Waals surface area contributed by atoms with Crippen LogP contribution in [0.4, 0.5) is 4.39 Å². The summed E-state index contributed by atoms with van der Waals surface area (Å²) in [6.45, 7) is 3.45. The number of rotatable bonds is 3. The van der Waals surface area contributed by atoms with Crippen molar-refractivity contribution >= 4 is 28.3 Å². The van der Waals surface area contributed by atoms with Gasteiger partial charge in [0.2, 0.25) is 0 Å². The van der Waals surface area contributed by atoms with E-state index in [4.69, 9.17) is 5.73 Å². The number of piperidine rings is 1. The lowest BCUT2D eigenvalue weighted by atomic mass is 9.98. The Bertz CT molecular complexity index is 389. The molecule has 1 fully saturated rings. The van der Waals surface area contributed by atoms with Gasteiger partial charge in [-0.3, -0.25) is 4.90 Å². The largest absolute Gasteiger partial charge is 0.330 e. The summed E-state index contributed by atoms with van der Waals surface area (Å²) in [6.07, 6.45) is 2.37. The number of nitrogens with zero attached hydrogens (tertiary/aromatic N) is 1. The summed E-state index contributed by atoms with van der Waals surface area (Å²) in [5, 5.41) is 0. The van der Waals surface area contributed by atoms with Gasteiger partial charge in [-0.25, -0.2) is 4.39 Å². The summed E-state index contributed by atoms with van der Waals surface area (Å²) in [4.78, 5) is 2.30. The highest BCUT2D eigenvalue weighted by Gasteiger charge is 2.19. The quantitative estimate of drug-likeness (QED) is 0.918. The van der Waals surface area contributed by atoms with Gasteiger partial charge in [-0.2, -0.15) is 0 Å². The van der Waals surface area contributed by atoms with Crippen molar-refractivity contribution in [2.45, 2.75) is 19.4 Å². The van der Waals surface area contributed by atoms with Crippen LogP contribution in [0.25, 0.3) is 0 Å². The van der Waals surface area contributed by atoms with Gasteiger partial charge in [0, 0.05) is 23.1 Å². The van der Waals surface area contributed by atoms with Crippen molar-refractivity contribution in [3.63, 3.8) is 0 Å². The van der Waals surface area contributed by atoms with Crippen molar-refractivity contribution in [3.8, 4) is 0 Å². The Morgan fingerprint density at radius 2 is 2.22 bits per heavy atom. The van der Waals surface area contributed by atoms with Crippen LogP contribution in [0.2, 0.25) is 0 Å². The summed E-state index contributed by atoms with van der Waals surface area (Å²) in [7, 11) is 0. The summed E-state index contributed by atoms with van der Waals surface area (Å²) in [6, 6.07) is 5.11. The molecule has 1 aromatic rings. The zero-order valence-corrected chi connectivity index (χ0v) is 12.6. The third kappa shape index (κ3) is 4.19. The summed E-state index contributed by atoms with van der Waals surface area (Å²) >= 11 is 3.38. The van der Waals surface area contributed by atoms with Gasteiger partial charge in [-0.1, -0.05) is 15.9 Å². The molecule has 0 amide bonds. The van der Waals surface area contributed by atoms with Gasteiger partial charge in [-0.15, -0.1) is 12.4 Å². The van der Waals surface area contributed by atoms with Crippen LogP contribution in [0.5, 0.6) is 0 Å². The van der Waals surface area contributed by atoms with Crippen LogP contribution < -0.4 is 5.73 Å². The van der Waals surface area contributed by atoms with Crippen LogP contribution in [0.1, 0.15) is 18.4 Å². The molecule has 2 nitrogen and oxygen atoms in total. The first kappa shape index (κ1) is 15.9. The molecule has 0 aliphatic carbocycles. The Morgan fingerprint density at radius 3 is 2.94 bits per heavy atom. The van der Waals surface area contributed by atoms with Crippen LogP contribution >= 0.6 is 28.3 Å². The molecule has 1 aliphatic heterocycles. The van der Waals surface area contributed by atoms with Crippen LogP contribution in [0.3, 0.4) is 0 Å². The third-order valence-electron chi connectivity index (χ3n) is 3.34. The Hall–Kier alpha value is -0.160. The van der Waals surface area contributed by atoms with Crippen LogP contribution in [-0.2, 0) is 6.54 Å². The van der Waals surface area contributed by atoms with E-state index in [1.54, 1.807) is 6.07 Å². The molecular weight excluding hydrogens is 319 g/mol. The minimum atomic E-state index is -0.122. The SMILES string of the molecule is Cl.NCC1CCCN(Cc2cc(Br)ccc2F)C1. The topological polar surface area (TPSA) is 29.3 Å². The van der Waals surface area contributed by atoms with E-state index < -0.39 is 0 Å². The molecular formula is C13H19BrClFN2. The van der Waals surface area contributed by atoms with Gasteiger partial charge in [-0.05, 0) is 50.0 Å². The smallest absolute Gasteiger partial charge is 0.127 e. The van der Waals surface area contributed by atoms with Crippen LogP contribution in [0.15, 0.2) is 22.7 Å². The van der Waals surface area contributed by atoms with E-state index in [2.05, 4.69) is 20.8 Å². The molecule has 1 atom stereocenters. The van der Waals surface area contributed by atoms with Crippen molar-refractivity contribution in [3.05, 3.63) is 34.1 Å². The molecule has 102 valence electrons. The van der Waals surface area contributed by atoms with E-state index in [0.717, 1.165) is 36.1 Å². The lowest BCUT2D eigenvalue weighted by Gasteiger charge is -2.32. The highest BCUT2D eigenvalue weighted by atomic mass is 79.9. The minimum absolute atomic E-state index is 0. The summed E-state index contributed by atoms with van der Waals surface area (Å²) < 4.78 is 14.6. The average molecular weight is 338 g/mol. The van der Waals surface area contributed by atoms with Gasteiger partial charge in [0.15, 0.2) is 0 Å². The first-order chi connectivity index (χ1) is 8.19. The van der Waals surface area contributed by atoms with Crippen molar-refractivity contribution < 1.29 is 4.39 Å². The maximum absolute atomic E-state index is 13.6. The highest BCUT2D eigenvalue weighted by Crippen LogP contribution is 2.21. The number of hydrogen-bond acceptors (Lipinski definition) is 2. The molecule has 0 radical (unpaired) electrons.